The minimum atomic E-state index is -2.08. The third-order valence-electron chi connectivity index (χ3n) is 7.13. The van der Waals surface area contributed by atoms with Gasteiger partial charge < -0.3 is 9.47 Å². The fraction of sp³-hybridized carbons (Fsp3) is 0.636. The lowest BCUT2D eigenvalue weighted by atomic mass is 9.78. The lowest BCUT2D eigenvalue weighted by Crippen LogP contribution is -2.59. The molecule has 27 heavy (non-hydrogen) atoms. The van der Waals surface area contributed by atoms with E-state index in [4.69, 9.17) is 9.47 Å². The minimum absolute atomic E-state index is 0.117. The molecule has 0 aromatic heterocycles. The van der Waals surface area contributed by atoms with Gasteiger partial charge in [0.05, 0.1) is 22.3 Å². The first-order chi connectivity index (χ1) is 12.7. The van der Waals surface area contributed by atoms with Crippen molar-refractivity contribution >= 4 is 25.2 Å². The Hall–Kier alpha value is -1.62. The van der Waals surface area contributed by atoms with Crippen molar-refractivity contribution in [2.45, 2.75) is 64.1 Å². The van der Waals surface area contributed by atoms with Crippen molar-refractivity contribution in [3.8, 4) is 0 Å². The van der Waals surface area contributed by atoms with Gasteiger partial charge in [-0.05, 0) is 29.0 Å². The highest BCUT2D eigenvalue weighted by Crippen LogP contribution is 2.59. The van der Waals surface area contributed by atoms with Crippen LogP contribution in [0.1, 0.15) is 47.5 Å². The normalized spacial score (nSPS) is 22.1. The maximum absolute atomic E-state index is 12.8. The predicted molar refractivity (Wildman–Crippen MR) is 111 cm³/mol. The molecule has 0 radical (unpaired) electrons. The van der Waals surface area contributed by atoms with Crippen molar-refractivity contribution < 1.29 is 19.1 Å². The molecule has 1 saturated carbocycles. The number of methoxy groups -OCH3 is 2. The lowest BCUT2D eigenvalue weighted by molar-refractivity contribution is -0.171. The van der Waals surface area contributed by atoms with E-state index in [9.17, 15) is 9.59 Å². The van der Waals surface area contributed by atoms with E-state index in [2.05, 4.69) is 65.0 Å². The Morgan fingerprint density at radius 3 is 1.89 bits per heavy atom. The number of ether oxygens (including phenoxy) is 2. The molecule has 0 heterocycles. The van der Waals surface area contributed by atoms with Gasteiger partial charge >= 0.3 is 11.9 Å². The van der Waals surface area contributed by atoms with Crippen molar-refractivity contribution in [2.24, 2.45) is 11.3 Å². The van der Waals surface area contributed by atoms with Crippen LogP contribution in [0, 0.1) is 11.3 Å². The van der Waals surface area contributed by atoms with Crippen LogP contribution < -0.4 is 5.19 Å². The number of benzene rings is 1. The first-order valence-corrected chi connectivity index (χ1v) is 12.2. The van der Waals surface area contributed by atoms with E-state index in [-0.39, 0.29) is 5.92 Å². The molecule has 0 bridgehead atoms. The molecule has 2 atom stereocenters. The molecule has 4 nitrogen and oxygen atoms in total. The fourth-order valence-electron chi connectivity index (χ4n) is 6.01. The Labute approximate surface area is 164 Å². The van der Waals surface area contributed by atoms with Crippen LogP contribution in [0.15, 0.2) is 30.3 Å². The summed E-state index contributed by atoms with van der Waals surface area (Å²) in [7, 11) is 0.644. The molecule has 150 valence electrons. The Kier molecular flexibility index (Phi) is 6.56. The molecule has 0 aliphatic heterocycles. The zero-order valence-electron chi connectivity index (χ0n) is 17.7. The van der Waals surface area contributed by atoms with E-state index in [1.807, 2.05) is 0 Å². The first kappa shape index (κ1) is 21.7. The monoisotopic (exact) mass is 390 g/mol. The predicted octanol–water partition coefficient (Wildman–Crippen LogP) is 4.29. The number of hydrogen-bond acceptors (Lipinski definition) is 4. The van der Waals surface area contributed by atoms with Crippen molar-refractivity contribution in [1.82, 2.24) is 0 Å². The smallest absolute Gasteiger partial charge is 0.323 e. The summed E-state index contributed by atoms with van der Waals surface area (Å²) >= 11 is 0. The quantitative estimate of drug-likeness (QED) is 0.413. The average Bonchev–Trinajstić information content (AvgIpc) is 3.00. The first-order valence-electron chi connectivity index (χ1n) is 9.93. The maximum Gasteiger partial charge on any atom is 0.323 e. The number of hydrogen-bond donors (Lipinski definition) is 0. The molecule has 2 rings (SSSR count). The standard InChI is InChI=1S/C22H34O4Si/c1-15(2)27(16(3)4,18-11-9-8-10-12-18)19-13-14-22(17(19)5,20(23)25-6)21(24)26-7/h8-12,15-17,19H,13-14H2,1-7H3/t17-,19+/m0/s1. The van der Waals surface area contributed by atoms with Gasteiger partial charge in [0.25, 0.3) is 0 Å². The summed E-state index contributed by atoms with van der Waals surface area (Å²) in [6, 6.07) is 10.8. The van der Waals surface area contributed by atoms with Crippen LogP contribution in [0.3, 0.4) is 0 Å². The fourth-order valence-corrected chi connectivity index (χ4v) is 13.3. The zero-order chi connectivity index (χ0) is 20.4. The van der Waals surface area contributed by atoms with Crippen molar-refractivity contribution in [3.05, 3.63) is 30.3 Å². The second-order valence-corrected chi connectivity index (χ2v) is 14.0. The van der Waals surface area contributed by atoms with Crippen LogP contribution in [0.4, 0.5) is 0 Å². The van der Waals surface area contributed by atoms with E-state index in [1.54, 1.807) is 0 Å². The second kappa shape index (κ2) is 8.17. The number of rotatable bonds is 6. The lowest BCUT2D eigenvalue weighted by Gasteiger charge is -2.47. The Morgan fingerprint density at radius 2 is 1.48 bits per heavy atom. The van der Waals surface area contributed by atoms with Gasteiger partial charge in [-0.25, -0.2) is 0 Å². The summed E-state index contributed by atoms with van der Waals surface area (Å²) < 4.78 is 10.2. The van der Waals surface area contributed by atoms with E-state index in [0.29, 0.717) is 23.0 Å². The van der Waals surface area contributed by atoms with Gasteiger partial charge in [-0.2, -0.15) is 0 Å². The highest BCUT2D eigenvalue weighted by atomic mass is 28.3. The molecule has 1 aromatic rings. The topological polar surface area (TPSA) is 52.6 Å². The van der Waals surface area contributed by atoms with Gasteiger partial charge in [-0.1, -0.05) is 76.6 Å². The minimum Gasteiger partial charge on any atom is -0.468 e. The molecule has 1 aliphatic carbocycles. The van der Waals surface area contributed by atoms with Gasteiger partial charge in [-0.15, -0.1) is 0 Å². The third kappa shape index (κ3) is 3.14. The van der Waals surface area contributed by atoms with Crippen LogP contribution in [0.5, 0.6) is 0 Å². The molecule has 1 aliphatic rings. The molecule has 1 aromatic carbocycles. The van der Waals surface area contributed by atoms with Crippen LogP contribution in [-0.2, 0) is 19.1 Å². The van der Waals surface area contributed by atoms with E-state index >= 15 is 0 Å². The maximum atomic E-state index is 12.8. The summed E-state index contributed by atoms with van der Waals surface area (Å²) in [6.07, 6.45) is 1.35. The number of carbonyl (C=O) groups excluding carboxylic acids is 2. The number of carbonyl (C=O) groups is 2. The van der Waals surface area contributed by atoms with Crippen molar-refractivity contribution in [2.75, 3.05) is 14.2 Å². The Balaban J connectivity index is 2.65. The second-order valence-electron chi connectivity index (χ2n) is 8.50. The Bertz CT molecular complexity index is 644. The molecule has 5 heteroatoms. The van der Waals surface area contributed by atoms with E-state index in [0.717, 1.165) is 6.42 Å². The molecule has 0 spiro atoms. The van der Waals surface area contributed by atoms with Gasteiger partial charge in [0.15, 0.2) is 5.41 Å². The Morgan fingerprint density at radius 1 is 1.00 bits per heavy atom. The van der Waals surface area contributed by atoms with Crippen LogP contribution in [0.25, 0.3) is 0 Å². The molecule has 1 fully saturated rings. The SMILES string of the molecule is COC(=O)C1(C(=O)OC)CC[C@@H]([Si](c2ccccc2)(C(C)C)C(C)C)[C@@H]1C. The largest absolute Gasteiger partial charge is 0.468 e. The average molecular weight is 391 g/mol. The summed E-state index contributed by atoms with van der Waals surface area (Å²) in [5.74, 6) is -1.02. The molecule has 0 amide bonds. The zero-order valence-corrected chi connectivity index (χ0v) is 18.7. The van der Waals surface area contributed by atoms with Gasteiger partial charge in [0, 0.05) is 0 Å². The molecular formula is C22H34O4Si. The van der Waals surface area contributed by atoms with Crippen molar-refractivity contribution in [3.63, 3.8) is 0 Å². The summed E-state index contributed by atoms with van der Waals surface area (Å²) in [4.78, 5) is 25.6. The van der Waals surface area contributed by atoms with Crippen molar-refractivity contribution in [1.29, 1.82) is 0 Å². The molecule has 0 unspecified atom stereocenters. The van der Waals surface area contributed by atoms with Gasteiger partial charge in [0.1, 0.15) is 0 Å². The van der Waals surface area contributed by atoms with E-state index in [1.165, 1.54) is 19.4 Å². The molecule has 0 N–H and O–H groups in total. The van der Waals surface area contributed by atoms with Crippen LogP contribution in [0.2, 0.25) is 16.6 Å². The summed E-state index contributed by atoms with van der Waals surface area (Å²) in [6.45, 7) is 11.3. The van der Waals surface area contributed by atoms with Gasteiger partial charge in [-0.3, -0.25) is 9.59 Å². The highest BCUT2D eigenvalue weighted by molar-refractivity contribution is 6.95. The highest BCUT2D eigenvalue weighted by Gasteiger charge is 2.64. The summed E-state index contributed by atoms with van der Waals surface area (Å²) in [5, 5.41) is 1.41. The van der Waals surface area contributed by atoms with E-state index < -0.39 is 25.4 Å². The number of esters is 2. The molecular weight excluding hydrogens is 356 g/mol. The third-order valence-corrected chi connectivity index (χ3v) is 14.3. The summed E-state index contributed by atoms with van der Waals surface area (Å²) in [5.41, 5.74) is 0.0836. The van der Waals surface area contributed by atoms with Gasteiger partial charge in [0.2, 0.25) is 0 Å². The van der Waals surface area contributed by atoms with Crippen LogP contribution in [-0.4, -0.2) is 34.2 Å². The van der Waals surface area contributed by atoms with Crippen LogP contribution >= 0.6 is 0 Å². The molecule has 0 saturated heterocycles.